The lowest BCUT2D eigenvalue weighted by atomic mass is 10.0. The van der Waals surface area contributed by atoms with Crippen molar-refractivity contribution in [3.8, 4) is 5.75 Å². The van der Waals surface area contributed by atoms with Gasteiger partial charge in [-0.25, -0.2) is 4.39 Å². The first-order chi connectivity index (χ1) is 8.40. The highest BCUT2D eigenvalue weighted by atomic mass is 19.1. The minimum absolute atomic E-state index is 0.00238. The third kappa shape index (κ3) is 4.35. The van der Waals surface area contributed by atoms with E-state index in [-0.39, 0.29) is 17.4 Å². The molecule has 0 saturated carbocycles. The molecule has 0 heterocycles. The van der Waals surface area contributed by atoms with Gasteiger partial charge in [-0.3, -0.25) is 4.79 Å². The molecule has 0 fully saturated rings. The molecule has 1 unspecified atom stereocenters. The van der Waals surface area contributed by atoms with E-state index in [1.54, 1.807) is 0 Å². The van der Waals surface area contributed by atoms with E-state index in [0.29, 0.717) is 5.92 Å². The summed E-state index contributed by atoms with van der Waals surface area (Å²) in [7, 11) is 0. The fraction of sp³-hybridized carbons (Fsp3) is 0.500. The van der Waals surface area contributed by atoms with Crippen molar-refractivity contribution in [1.82, 2.24) is 5.32 Å². The number of rotatable bonds is 5. The Morgan fingerprint density at radius 3 is 2.61 bits per heavy atom. The molecular formula is C14H20FNO2. The Morgan fingerprint density at radius 2 is 2.00 bits per heavy atom. The highest BCUT2D eigenvalue weighted by Gasteiger charge is 2.14. The second kappa shape index (κ2) is 6.38. The Kier molecular flexibility index (Phi) is 5.13. The third-order valence-electron chi connectivity index (χ3n) is 2.76. The van der Waals surface area contributed by atoms with Crippen LogP contribution in [0.15, 0.2) is 18.2 Å². The van der Waals surface area contributed by atoms with E-state index in [1.807, 2.05) is 6.92 Å². The van der Waals surface area contributed by atoms with Crippen LogP contribution < -0.4 is 5.32 Å². The molecule has 18 heavy (non-hydrogen) atoms. The molecular weight excluding hydrogens is 233 g/mol. The summed E-state index contributed by atoms with van der Waals surface area (Å²) in [6.45, 7) is 6.14. The van der Waals surface area contributed by atoms with E-state index >= 15 is 0 Å². The van der Waals surface area contributed by atoms with Crippen LogP contribution in [0, 0.1) is 11.7 Å². The fourth-order valence-electron chi connectivity index (χ4n) is 1.65. The number of benzene rings is 1. The van der Waals surface area contributed by atoms with E-state index in [1.165, 1.54) is 6.07 Å². The molecule has 1 aromatic rings. The monoisotopic (exact) mass is 253 g/mol. The summed E-state index contributed by atoms with van der Waals surface area (Å²) in [4.78, 5) is 11.8. The van der Waals surface area contributed by atoms with Crippen molar-refractivity contribution in [2.24, 2.45) is 5.92 Å². The summed E-state index contributed by atoms with van der Waals surface area (Å²) in [5.74, 6) is -0.604. The quantitative estimate of drug-likeness (QED) is 0.847. The second-order valence-electron chi connectivity index (χ2n) is 5.01. The van der Waals surface area contributed by atoms with Gasteiger partial charge in [-0.05, 0) is 43.9 Å². The van der Waals surface area contributed by atoms with Gasteiger partial charge in [0.05, 0.1) is 5.56 Å². The molecule has 3 nitrogen and oxygen atoms in total. The standard InChI is InChI=1S/C14H20FNO2/c1-9(2)4-5-10(3)16-14(18)12-8-11(15)6-7-13(12)17/h6-10,17H,4-5H2,1-3H3,(H,16,18). The van der Waals surface area contributed by atoms with E-state index in [4.69, 9.17) is 0 Å². The van der Waals surface area contributed by atoms with Crippen LogP contribution in [0.4, 0.5) is 4.39 Å². The number of aromatic hydroxyl groups is 1. The first-order valence-corrected chi connectivity index (χ1v) is 6.19. The summed E-state index contributed by atoms with van der Waals surface area (Å²) in [6.07, 6.45) is 1.87. The van der Waals surface area contributed by atoms with Gasteiger partial charge in [0.25, 0.3) is 5.91 Å². The lowest BCUT2D eigenvalue weighted by Crippen LogP contribution is -2.32. The third-order valence-corrected chi connectivity index (χ3v) is 2.76. The molecule has 1 atom stereocenters. The first kappa shape index (κ1) is 14.5. The molecule has 0 aliphatic rings. The zero-order chi connectivity index (χ0) is 13.7. The molecule has 0 aliphatic carbocycles. The molecule has 4 heteroatoms. The van der Waals surface area contributed by atoms with Crippen LogP contribution in [0.1, 0.15) is 44.0 Å². The number of hydrogen-bond donors (Lipinski definition) is 2. The topological polar surface area (TPSA) is 49.3 Å². The molecule has 100 valence electrons. The predicted octanol–water partition coefficient (Wildman–Crippen LogP) is 3.09. The molecule has 0 spiro atoms. The average Bonchev–Trinajstić information content (AvgIpc) is 2.29. The van der Waals surface area contributed by atoms with E-state index < -0.39 is 11.7 Å². The van der Waals surface area contributed by atoms with E-state index in [9.17, 15) is 14.3 Å². The van der Waals surface area contributed by atoms with Gasteiger partial charge in [0.1, 0.15) is 11.6 Å². The number of phenolic OH excluding ortho intramolecular Hbond substituents is 1. The van der Waals surface area contributed by atoms with Crippen LogP contribution in [0.25, 0.3) is 0 Å². The van der Waals surface area contributed by atoms with Gasteiger partial charge >= 0.3 is 0 Å². The van der Waals surface area contributed by atoms with Gasteiger partial charge in [-0.2, -0.15) is 0 Å². The van der Waals surface area contributed by atoms with E-state index in [0.717, 1.165) is 25.0 Å². The molecule has 1 aromatic carbocycles. The van der Waals surface area contributed by atoms with Crippen molar-refractivity contribution in [3.05, 3.63) is 29.6 Å². The summed E-state index contributed by atoms with van der Waals surface area (Å²) in [6, 6.07) is 3.35. The number of carbonyl (C=O) groups excluding carboxylic acids is 1. The van der Waals surface area contributed by atoms with Gasteiger partial charge in [0.15, 0.2) is 0 Å². The van der Waals surface area contributed by atoms with Crippen LogP contribution >= 0.6 is 0 Å². The SMILES string of the molecule is CC(C)CCC(C)NC(=O)c1cc(F)ccc1O. The number of hydrogen-bond acceptors (Lipinski definition) is 2. The Balaban J connectivity index is 2.62. The van der Waals surface area contributed by atoms with Crippen molar-refractivity contribution in [2.45, 2.75) is 39.7 Å². The lowest BCUT2D eigenvalue weighted by molar-refractivity contribution is 0.0934. The number of phenols is 1. The van der Waals surface area contributed by atoms with Crippen LogP contribution in [0.2, 0.25) is 0 Å². The van der Waals surface area contributed by atoms with E-state index in [2.05, 4.69) is 19.2 Å². The second-order valence-corrected chi connectivity index (χ2v) is 5.01. The van der Waals surface area contributed by atoms with Crippen LogP contribution in [-0.2, 0) is 0 Å². The zero-order valence-electron chi connectivity index (χ0n) is 11.0. The predicted molar refractivity (Wildman–Crippen MR) is 69.1 cm³/mol. The Morgan fingerprint density at radius 1 is 1.33 bits per heavy atom. The van der Waals surface area contributed by atoms with Gasteiger partial charge in [0, 0.05) is 6.04 Å². The van der Waals surface area contributed by atoms with Crippen LogP contribution in [0.5, 0.6) is 5.75 Å². The molecule has 2 N–H and O–H groups in total. The molecule has 1 amide bonds. The number of carbonyl (C=O) groups is 1. The number of halogens is 1. The maximum absolute atomic E-state index is 13.0. The maximum Gasteiger partial charge on any atom is 0.255 e. The minimum atomic E-state index is -0.534. The normalized spacial score (nSPS) is 12.5. The Labute approximate surface area is 107 Å². The Hall–Kier alpha value is -1.58. The first-order valence-electron chi connectivity index (χ1n) is 6.19. The summed E-state index contributed by atoms with van der Waals surface area (Å²) in [5, 5.41) is 12.3. The molecule has 0 saturated heterocycles. The van der Waals surface area contributed by atoms with Crippen molar-refractivity contribution in [1.29, 1.82) is 0 Å². The maximum atomic E-state index is 13.0. The average molecular weight is 253 g/mol. The molecule has 1 rings (SSSR count). The van der Waals surface area contributed by atoms with Crippen molar-refractivity contribution >= 4 is 5.91 Å². The Bertz CT molecular complexity index is 418. The highest BCUT2D eigenvalue weighted by Crippen LogP contribution is 2.18. The van der Waals surface area contributed by atoms with Crippen LogP contribution in [-0.4, -0.2) is 17.1 Å². The molecule has 0 radical (unpaired) electrons. The fourth-order valence-corrected chi connectivity index (χ4v) is 1.65. The highest BCUT2D eigenvalue weighted by molar-refractivity contribution is 5.96. The number of nitrogens with one attached hydrogen (secondary N) is 1. The van der Waals surface area contributed by atoms with Gasteiger partial charge in [-0.1, -0.05) is 13.8 Å². The summed E-state index contributed by atoms with van der Waals surface area (Å²) in [5.41, 5.74) is -0.0219. The summed E-state index contributed by atoms with van der Waals surface area (Å²) >= 11 is 0. The smallest absolute Gasteiger partial charge is 0.255 e. The van der Waals surface area contributed by atoms with Gasteiger partial charge in [-0.15, -0.1) is 0 Å². The summed E-state index contributed by atoms with van der Waals surface area (Å²) < 4.78 is 13.0. The van der Waals surface area contributed by atoms with Gasteiger partial charge in [0.2, 0.25) is 0 Å². The minimum Gasteiger partial charge on any atom is -0.507 e. The van der Waals surface area contributed by atoms with Crippen molar-refractivity contribution < 1.29 is 14.3 Å². The largest absolute Gasteiger partial charge is 0.507 e. The van der Waals surface area contributed by atoms with Gasteiger partial charge < -0.3 is 10.4 Å². The molecule has 0 bridgehead atoms. The number of amides is 1. The zero-order valence-corrected chi connectivity index (χ0v) is 11.0. The van der Waals surface area contributed by atoms with Crippen molar-refractivity contribution in [2.75, 3.05) is 0 Å². The van der Waals surface area contributed by atoms with Crippen LogP contribution in [0.3, 0.4) is 0 Å². The molecule has 0 aliphatic heterocycles. The van der Waals surface area contributed by atoms with Crippen molar-refractivity contribution in [3.63, 3.8) is 0 Å². The molecule has 0 aromatic heterocycles. The lowest BCUT2D eigenvalue weighted by Gasteiger charge is -2.15.